The van der Waals surface area contributed by atoms with Crippen molar-refractivity contribution in [2.45, 2.75) is 25.9 Å². The van der Waals surface area contributed by atoms with Crippen molar-refractivity contribution in [2.24, 2.45) is 0 Å². The van der Waals surface area contributed by atoms with E-state index in [1.165, 1.54) is 0 Å². The van der Waals surface area contributed by atoms with Gasteiger partial charge in [0.1, 0.15) is 5.56 Å². The Morgan fingerprint density at radius 2 is 1.77 bits per heavy atom. The highest BCUT2D eigenvalue weighted by Gasteiger charge is 2.36. The van der Waals surface area contributed by atoms with Crippen LogP contribution in [0.5, 0.6) is 5.88 Å². The normalized spacial score (nSPS) is 11.6. The van der Waals surface area contributed by atoms with Gasteiger partial charge < -0.3 is 10.1 Å². The van der Waals surface area contributed by atoms with Crippen molar-refractivity contribution in [3.63, 3.8) is 0 Å². The smallest absolute Gasteiger partial charge is 0.423 e. The SMILES string of the molecule is COc1nc(Nc2ccc(C(C)C)cc2)ncc1C(F)(F)F. The number of benzene rings is 1. The van der Waals surface area contributed by atoms with Crippen LogP contribution in [0.15, 0.2) is 30.5 Å². The van der Waals surface area contributed by atoms with Crippen LogP contribution in [0.2, 0.25) is 0 Å². The third-order valence-electron chi connectivity index (χ3n) is 3.09. The van der Waals surface area contributed by atoms with Gasteiger partial charge >= 0.3 is 6.18 Å². The van der Waals surface area contributed by atoms with Gasteiger partial charge in [-0.25, -0.2) is 4.98 Å². The molecule has 0 atom stereocenters. The molecule has 0 bridgehead atoms. The zero-order valence-corrected chi connectivity index (χ0v) is 12.4. The van der Waals surface area contributed by atoms with Crippen LogP contribution < -0.4 is 10.1 Å². The Morgan fingerprint density at radius 1 is 1.14 bits per heavy atom. The molecule has 0 saturated carbocycles. The number of aromatic nitrogens is 2. The Morgan fingerprint density at radius 3 is 2.27 bits per heavy atom. The maximum Gasteiger partial charge on any atom is 0.423 e. The highest BCUT2D eigenvalue weighted by molar-refractivity contribution is 5.54. The van der Waals surface area contributed by atoms with E-state index in [0.29, 0.717) is 17.8 Å². The molecule has 2 rings (SSSR count). The van der Waals surface area contributed by atoms with E-state index in [2.05, 4.69) is 33.9 Å². The van der Waals surface area contributed by atoms with Gasteiger partial charge in [-0.15, -0.1) is 0 Å². The lowest BCUT2D eigenvalue weighted by Crippen LogP contribution is -2.11. The van der Waals surface area contributed by atoms with Gasteiger partial charge in [-0.05, 0) is 23.6 Å². The largest absolute Gasteiger partial charge is 0.480 e. The molecule has 0 aliphatic heterocycles. The first kappa shape index (κ1) is 16.1. The van der Waals surface area contributed by atoms with Gasteiger partial charge in [0.05, 0.1) is 7.11 Å². The fourth-order valence-electron chi connectivity index (χ4n) is 1.86. The summed E-state index contributed by atoms with van der Waals surface area (Å²) in [5, 5.41) is 2.85. The Balaban J connectivity index is 2.23. The summed E-state index contributed by atoms with van der Waals surface area (Å²) in [6, 6.07) is 7.52. The predicted octanol–water partition coefficient (Wildman–Crippen LogP) is 4.37. The van der Waals surface area contributed by atoms with E-state index >= 15 is 0 Å². The van der Waals surface area contributed by atoms with Crippen LogP contribution >= 0.6 is 0 Å². The monoisotopic (exact) mass is 311 g/mol. The van der Waals surface area contributed by atoms with Crippen LogP contribution in [0.3, 0.4) is 0 Å². The minimum absolute atomic E-state index is 0.0437. The van der Waals surface area contributed by atoms with E-state index in [0.717, 1.165) is 12.7 Å². The zero-order valence-electron chi connectivity index (χ0n) is 12.4. The van der Waals surface area contributed by atoms with Crippen molar-refractivity contribution >= 4 is 11.6 Å². The van der Waals surface area contributed by atoms with Crippen molar-refractivity contribution in [1.29, 1.82) is 0 Å². The highest BCUT2D eigenvalue weighted by atomic mass is 19.4. The zero-order chi connectivity index (χ0) is 16.3. The number of nitrogens with one attached hydrogen (secondary N) is 1. The first-order valence-electron chi connectivity index (χ1n) is 6.66. The van der Waals surface area contributed by atoms with Crippen LogP contribution in [-0.2, 0) is 6.18 Å². The lowest BCUT2D eigenvalue weighted by atomic mass is 10.0. The molecule has 7 heteroatoms. The number of alkyl halides is 3. The van der Waals surface area contributed by atoms with E-state index < -0.39 is 17.6 Å². The molecular formula is C15H16F3N3O. The van der Waals surface area contributed by atoms with Gasteiger partial charge in [0.15, 0.2) is 0 Å². The minimum Gasteiger partial charge on any atom is -0.480 e. The average Bonchev–Trinajstić information content (AvgIpc) is 2.46. The maximum atomic E-state index is 12.7. The molecule has 0 unspecified atom stereocenters. The van der Waals surface area contributed by atoms with Gasteiger partial charge in [-0.1, -0.05) is 26.0 Å². The molecule has 1 N–H and O–H groups in total. The first-order valence-corrected chi connectivity index (χ1v) is 6.66. The summed E-state index contributed by atoms with van der Waals surface area (Å²) >= 11 is 0. The average molecular weight is 311 g/mol. The third-order valence-corrected chi connectivity index (χ3v) is 3.09. The molecule has 0 radical (unpaired) electrons. The van der Waals surface area contributed by atoms with Crippen molar-refractivity contribution in [3.8, 4) is 5.88 Å². The van der Waals surface area contributed by atoms with Crippen LogP contribution in [0.1, 0.15) is 30.9 Å². The molecule has 2 aromatic rings. The van der Waals surface area contributed by atoms with Crippen molar-refractivity contribution in [3.05, 3.63) is 41.6 Å². The third kappa shape index (κ3) is 3.66. The Labute approximate surface area is 126 Å². The predicted molar refractivity (Wildman–Crippen MR) is 77.4 cm³/mol. The van der Waals surface area contributed by atoms with Crippen LogP contribution in [0.4, 0.5) is 24.8 Å². The highest BCUT2D eigenvalue weighted by Crippen LogP contribution is 2.35. The van der Waals surface area contributed by atoms with E-state index in [9.17, 15) is 13.2 Å². The molecule has 0 saturated heterocycles. The molecule has 1 heterocycles. The molecule has 0 spiro atoms. The topological polar surface area (TPSA) is 47.0 Å². The number of nitrogens with zero attached hydrogens (tertiary/aromatic N) is 2. The van der Waals surface area contributed by atoms with E-state index in [1.54, 1.807) is 0 Å². The summed E-state index contributed by atoms with van der Waals surface area (Å²) in [7, 11) is 1.14. The lowest BCUT2D eigenvalue weighted by Gasteiger charge is -2.12. The standard InChI is InChI=1S/C15H16F3N3O/c1-9(2)10-4-6-11(7-5-10)20-14-19-8-12(15(16,17)18)13(21-14)22-3/h4-9H,1-3H3,(H,19,20,21). The Kier molecular flexibility index (Phi) is 4.54. The lowest BCUT2D eigenvalue weighted by molar-refractivity contribution is -0.139. The molecule has 22 heavy (non-hydrogen) atoms. The van der Waals surface area contributed by atoms with Crippen LogP contribution in [-0.4, -0.2) is 17.1 Å². The van der Waals surface area contributed by atoms with E-state index in [-0.39, 0.29) is 5.95 Å². The quantitative estimate of drug-likeness (QED) is 0.910. The molecule has 0 amide bonds. The number of methoxy groups -OCH3 is 1. The second-order valence-corrected chi connectivity index (χ2v) is 5.02. The second kappa shape index (κ2) is 6.21. The molecule has 118 valence electrons. The van der Waals surface area contributed by atoms with Gasteiger partial charge in [0.2, 0.25) is 11.8 Å². The molecule has 0 aliphatic carbocycles. The van der Waals surface area contributed by atoms with Gasteiger partial charge in [-0.3, -0.25) is 0 Å². The maximum absolute atomic E-state index is 12.7. The summed E-state index contributed by atoms with van der Waals surface area (Å²) in [6.45, 7) is 4.15. The molecule has 1 aromatic heterocycles. The summed E-state index contributed by atoms with van der Waals surface area (Å²) in [5.74, 6) is -0.0672. The molecule has 4 nitrogen and oxygen atoms in total. The Bertz CT molecular complexity index is 639. The number of halogens is 3. The van der Waals surface area contributed by atoms with E-state index in [4.69, 9.17) is 0 Å². The molecule has 0 aliphatic rings. The van der Waals surface area contributed by atoms with Gasteiger partial charge in [-0.2, -0.15) is 18.2 Å². The fraction of sp³-hybridized carbons (Fsp3) is 0.333. The molecular weight excluding hydrogens is 295 g/mol. The minimum atomic E-state index is -4.55. The van der Waals surface area contributed by atoms with E-state index in [1.807, 2.05) is 24.3 Å². The summed E-state index contributed by atoms with van der Waals surface area (Å²) in [4.78, 5) is 7.43. The Hall–Kier alpha value is -2.31. The number of hydrogen-bond acceptors (Lipinski definition) is 4. The van der Waals surface area contributed by atoms with Crippen LogP contribution in [0.25, 0.3) is 0 Å². The number of ether oxygens (including phenoxy) is 1. The summed E-state index contributed by atoms with van der Waals surface area (Å²) in [6.07, 6.45) is -3.85. The van der Waals surface area contributed by atoms with Crippen molar-refractivity contribution < 1.29 is 17.9 Å². The van der Waals surface area contributed by atoms with Crippen molar-refractivity contribution in [2.75, 3.05) is 12.4 Å². The van der Waals surface area contributed by atoms with Crippen LogP contribution in [0, 0.1) is 0 Å². The second-order valence-electron chi connectivity index (χ2n) is 5.02. The van der Waals surface area contributed by atoms with Gasteiger partial charge in [0, 0.05) is 11.9 Å². The number of rotatable bonds is 4. The fourth-order valence-corrected chi connectivity index (χ4v) is 1.86. The number of hydrogen-bond donors (Lipinski definition) is 1. The number of anilines is 2. The van der Waals surface area contributed by atoms with Crippen molar-refractivity contribution in [1.82, 2.24) is 9.97 Å². The first-order chi connectivity index (χ1) is 10.3. The summed E-state index contributed by atoms with van der Waals surface area (Å²) in [5.41, 5.74) is 0.846. The molecule has 1 aromatic carbocycles. The summed E-state index contributed by atoms with van der Waals surface area (Å²) < 4.78 is 42.9. The molecule has 0 fully saturated rings. The van der Waals surface area contributed by atoms with Gasteiger partial charge in [0.25, 0.3) is 0 Å².